The van der Waals surface area contributed by atoms with Gasteiger partial charge in [0.15, 0.2) is 0 Å². The van der Waals surface area contributed by atoms with Gasteiger partial charge >= 0.3 is 6.18 Å². The van der Waals surface area contributed by atoms with Gasteiger partial charge in [-0.15, -0.1) is 0 Å². The number of rotatable bonds is 1. The smallest absolute Gasteiger partial charge is 0.392 e. The van der Waals surface area contributed by atoms with Crippen LogP contribution < -0.4 is 0 Å². The fourth-order valence-electron chi connectivity index (χ4n) is 0.907. The molecule has 1 aliphatic rings. The second-order valence-corrected chi connectivity index (χ2v) is 2.57. The average Bonchev–Trinajstić information content (AvgIpc) is 2.10. The zero-order valence-electron chi connectivity index (χ0n) is 5.98. The number of alkyl halides is 3. The molecule has 0 amide bonds. The number of hydrogen-bond acceptors (Lipinski definition) is 2. The summed E-state index contributed by atoms with van der Waals surface area (Å²) in [6.07, 6.45) is -5.02. The van der Waals surface area contributed by atoms with E-state index in [4.69, 9.17) is 0 Å². The average molecular weight is 167 g/mol. The van der Waals surface area contributed by atoms with Crippen LogP contribution in [0, 0.1) is 0 Å². The molecule has 0 aromatic carbocycles. The van der Waals surface area contributed by atoms with Crippen LogP contribution in [0.1, 0.15) is 19.8 Å². The molecule has 0 N–H and O–H groups in total. The van der Waals surface area contributed by atoms with E-state index in [1.165, 1.54) is 0 Å². The Kier molecular flexibility index (Phi) is 2.06. The summed E-state index contributed by atoms with van der Waals surface area (Å²) >= 11 is 0. The van der Waals surface area contributed by atoms with E-state index < -0.39 is 12.6 Å². The molecule has 2 nitrogen and oxygen atoms in total. The van der Waals surface area contributed by atoms with Crippen molar-refractivity contribution in [1.29, 1.82) is 0 Å². The van der Waals surface area contributed by atoms with E-state index in [0.29, 0.717) is 6.42 Å². The second kappa shape index (κ2) is 2.71. The van der Waals surface area contributed by atoms with Crippen molar-refractivity contribution in [3.63, 3.8) is 0 Å². The third-order valence-electron chi connectivity index (χ3n) is 1.29. The van der Waals surface area contributed by atoms with Gasteiger partial charge in [-0.3, -0.25) is 0 Å². The van der Waals surface area contributed by atoms with Gasteiger partial charge in [-0.25, -0.2) is 0 Å². The Labute approximate surface area is 62.0 Å². The fourth-order valence-corrected chi connectivity index (χ4v) is 0.907. The third-order valence-corrected chi connectivity index (χ3v) is 1.29. The van der Waals surface area contributed by atoms with E-state index in [9.17, 15) is 13.2 Å². The zero-order chi connectivity index (χ0) is 8.48. The Balaban J connectivity index is 2.40. The van der Waals surface area contributed by atoms with E-state index >= 15 is 0 Å². The van der Waals surface area contributed by atoms with Crippen molar-refractivity contribution < 1.29 is 18.0 Å². The summed E-state index contributed by atoms with van der Waals surface area (Å²) in [7, 11) is 0. The lowest BCUT2D eigenvalue weighted by molar-refractivity contribution is -0.121. The highest BCUT2D eigenvalue weighted by molar-refractivity contribution is 5.85. The summed E-state index contributed by atoms with van der Waals surface area (Å²) in [6, 6.07) is 0. The minimum Gasteiger partial charge on any atom is -0.392 e. The minimum absolute atomic E-state index is 0.0880. The summed E-state index contributed by atoms with van der Waals surface area (Å²) in [5.41, 5.74) is 0.0880. The molecule has 0 aromatic heterocycles. The van der Waals surface area contributed by atoms with Gasteiger partial charge in [0.25, 0.3) is 0 Å². The maximum Gasteiger partial charge on any atom is 0.394 e. The largest absolute Gasteiger partial charge is 0.394 e. The second-order valence-electron chi connectivity index (χ2n) is 2.57. The highest BCUT2D eigenvalue weighted by Crippen LogP contribution is 2.24. The number of hydrogen-bond donors (Lipinski definition) is 0. The van der Waals surface area contributed by atoms with Gasteiger partial charge in [-0.05, 0) is 6.92 Å². The first-order valence-electron chi connectivity index (χ1n) is 3.26. The van der Waals surface area contributed by atoms with Crippen LogP contribution in [0.15, 0.2) is 5.16 Å². The topological polar surface area (TPSA) is 21.6 Å². The first kappa shape index (κ1) is 8.36. The van der Waals surface area contributed by atoms with Crippen molar-refractivity contribution in [3.8, 4) is 0 Å². The van der Waals surface area contributed by atoms with E-state index in [-0.39, 0.29) is 11.8 Å². The van der Waals surface area contributed by atoms with Crippen LogP contribution in [0.25, 0.3) is 0 Å². The quantitative estimate of drug-likeness (QED) is 0.586. The molecule has 1 atom stereocenters. The maximum atomic E-state index is 11.7. The molecule has 11 heavy (non-hydrogen) atoms. The zero-order valence-corrected chi connectivity index (χ0v) is 5.98. The lowest BCUT2D eigenvalue weighted by Crippen LogP contribution is -2.14. The molecule has 0 fully saturated rings. The predicted octanol–water partition coefficient (Wildman–Crippen LogP) is 2.10. The number of halogens is 3. The number of nitrogens with zero attached hydrogens (tertiary/aromatic N) is 1. The van der Waals surface area contributed by atoms with Crippen LogP contribution in [0.3, 0.4) is 0 Å². The maximum absolute atomic E-state index is 11.7. The Bertz CT molecular complexity index is 175. The molecule has 5 heteroatoms. The van der Waals surface area contributed by atoms with Crippen molar-refractivity contribution in [2.45, 2.75) is 32.0 Å². The Morgan fingerprint density at radius 2 is 2.27 bits per heavy atom. The Morgan fingerprint density at radius 1 is 1.64 bits per heavy atom. The van der Waals surface area contributed by atoms with Gasteiger partial charge in [-0.2, -0.15) is 13.2 Å². The molecule has 0 unspecified atom stereocenters. The van der Waals surface area contributed by atoms with Crippen molar-refractivity contribution >= 4 is 5.71 Å². The van der Waals surface area contributed by atoms with Gasteiger partial charge < -0.3 is 4.84 Å². The van der Waals surface area contributed by atoms with Crippen LogP contribution in [-0.2, 0) is 4.84 Å². The van der Waals surface area contributed by atoms with Crippen molar-refractivity contribution in [2.75, 3.05) is 0 Å². The third kappa shape index (κ3) is 2.78. The van der Waals surface area contributed by atoms with E-state index in [1.54, 1.807) is 6.92 Å². The van der Waals surface area contributed by atoms with Crippen LogP contribution in [0.5, 0.6) is 0 Å². The van der Waals surface area contributed by atoms with Crippen LogP contribution in [-0.4, -0.2) is 18.0 Å². The monoisotopic (exact) mass is 167 g/mol. The van der Waals surface area contributed by atoms with Gasteiger partial charge in [0, 0.05) is 6.42 Å². The van der Waals surface area contributed by atoms with Crippen LogP contribution in [0.2, 0.25) is 0 Å². The predicted molar refractivity (Wildman–Crippen MR) is 33.3 cm³/mol. The van der Waals surface area contributed by atoms with E-state index in [1.807, 2.05) is 0 Å². The molecule has 0 bridgehead atoms. The van der Waals surface area contributed by atoms with Gasteiger partial charge in [0.2, 0.25) is 0 Å². The minimum atomic E-state index is -4.16. The molecule has 0 saturated heterocycles. The summed E-state index contributed by atoms with van der Waals surface area (Å²) in [5, 5.41) is 3.30. The molecule has 0 saturated carbocycles. The Hall–Kier alpha value is -0.740. The molecule has 64 valence electrons. The van der Waals surface area contributed by atoms with E-state index in [0.717, 1.165) is 0 Å². The van der Waals surface area contributed by atoms with Crippen LogP contribution in [0.4, 0.5) is 13.2 Å². The molecule has 0 aliphatic carbocycles. The van der Waals surface area contributed by atoms with Crippen molar-refractivity contribution in [1.82, 2.24) is 0 Å². The molecule has 0 aromatic rings. The fraction of sp³-hybridized carbons (Fsp3) is 0.833. The first-order valence-corrected chi connectivity index (χ1v) is 3.26. The van der Waals surface area contributed by atoms with Gasteiger partial charge in [0.05, 0.1) is 12.1 Å². The van der Waals surface area contributed by atoms with E-state index in [2.05, 4.69) is 9.99 Å². The highest BCUT2D eigenvalue weighted by Gasteiger charge is 2.32. The normalized spacial score (nSPS) is 24.7. The molecule has 0 radical (unpaired) electrons. The van der Waals surface area contributed by atoms with Gasteiger partial charge in [0.1, 0.15) is 6.10 Å². The van der Waals surface area contributed by atoms with Crippen molar-refractivity contribution in [3.05, 3.63) is 0 Å². The standard InChI is InChI=1S/C6H8F3NO/c1-4-2-5(10-11-4)3-6(7,8)9/h4H,2-3H2,1H3/t4-/m0/s1. The Morgan fingerprint density at radius 3 is 2.64 bits per heavy atom. The summed E-state index contributed by atoms with van der Waals surface area (Å²) in [6.45, 7) is 1.69. The highest BCUT2D eigenvalue weighted by atomic mass is 19.4. The first-order chi connectivity index (χ1) is 4.97. The molecule has 1 rings (SSSR count). The van der Waals surface area contributed by atoms with Crippen LogP contribution >= 0.6 is 0 Å². The summed E-state index contributed by atoms with van der Waals surface area (Å²) < 4.78 is 35.1. The summed E-state index contributed by atoms with van der Waals surface area (Å²) in [4.78, 5) is 4.60. The summed E-state index contributed by atoms with van der Waals surface area (Å²) in [5.74, 6) is 0. The molecule has 1 heterocycles. The lowest BCUT2D eigenvalue weighted by Gasteiger charge is -2.03. The molecule has 1 aliphatic heterocycles. The van der Waals surface area contributed by atoms with Gasteiger partial charge in [-0.1, -0.05) is 5.16 Å². The SMILES string of the molecule is C[C@H]1CC(CC(F)(F)F)=NO1. The molecule has 0 spiro atoms. The molecular formula is C6H8F3NO. The molecular weight excluding hydrogens is 159 g/mol. The number of oxime groups is 1. The lowest BCUT2D eigenvalue weighted by atomic mass is 10.1. The van der Waals surface area contributed by atoms with Crippen molar-refractivity contribution in [2.24, 2.45) is 5.16 Å².